The molecule has 0 radical (unpaired) electrons. The van der Waals surface area contributed by atoms with Gasteiger partial charge in [-0.15, -0.1) is 11.3 Å². The average molecular weight is 296 g/mol. The smallest absolute Gasteiger partial charge is 0.268 e. The molecule has 0 aromatic carbocycles. The highest BCUT2D eigenvalue weighted by Gasteiger charge is 2.21. The van der Waals surface area contributed by atoms with E-state index in [4.69, 9.17) is 10.5 Å². The van der Waals surface area contributed by atoms with Crippen LogP contribution in [0, 0.1) is 0 Å². The number of hydrogen-bond donors (Lipinski definition) is 2. The number of aromatic nitrogens is 2. The molecular weight excluding hydrogens is 280 g/mol. The lowest BCUT2D eigenvalue weighted by molar-refractivity contribution is -0.140. The molecule has 2 heterocycles. The lowest BCUT2D eigenvalue weighted by Crippen LogP contribution is -2.41. The number of carbonyl (C=O) groups excluding carboxylic acids is 1. The van der Waals surface area contributed by atoms with Crippen molar-refractivity contribution in [1.82, 2.24) is 14.9 Å². The van der Waals surface area contributed by atoms with Gasteiger partial charge in [-0.2, -0.15) is 0 Å². The van der Waals surface area contributed by atoms with E-state index in [1.165, 1.54) is 23.3 Å². The number of nitrogens with one attached hydrogen (secondary N) is 1. The van der Waals surface area contributed by atoms with Crippen LogP contribution in [0.25, 0.3) is 10.2 Å². The van der Waals surface area contributed by atoms with E-state index >= 15 is 0 Å². The number of rotatable bonds is 5. The summed E-state index contributed by atoms with van der Waals surface area (Å²) < 4.78 is 5.58. The van der Waals surface area contributed by atoms with Crippen molar-refractivity contribution in [3.63, 3.8) is 0 Å². The van der Waals surface area contributed by atoms with Crippen LogP contribution >= 0.6 is 11.3 Å². The van der Waals surface area contributed by atoms with Gasteiger partial charge in [0.2, 0.25) is 0 Å². The minimum atomic E-state index is -0.684. The summed E-state index contributed by atoms with van der Waals surface area (Å²) in [5.74, 6) is 0.187. The molecule has 0 aliphatic carbocycles. The molecule has 2 aromatic heterocycles. The highest BCUT2D eigenvalue weighted by molar-refractivity contribution is 7.17. The molecule has 0 aliphatic heterocycles. The zero-order valence-electron chi connectivity index (χ0n) is 11.3. The molecule has 1 atom stereocenters. The van der Waals surface area contributed by atoms with Crippen molar-refractivity contribution < 1.29 is 9.53 Å². The Morgan fingerprint density at radius 3 is 3.05 bits per heavy atom. The summed E-state index contributed by atoms with van der Waals surface area (Å²) in [4.78, 5) is 32.3. The maximum absolute atomic E-state index is 12.0. The van der Waals surface area contributed by atoms with E-state index in [-0.39, 0.29) is 24.6 Å². The zero-order valence-corrected chi connectivity index (χ0v) is 12.1. The summed E-state index contributed by atoms with van der Waals surface area (Å²) in [6.45, 7) is 0.299. The Morgan fingerprint density at radius 1 is 1.65 bits per heavy atom. The Kier molecular flexibility index (Phi) is 4.48. The summed E-state index contributed by atoms with van der Waals surface area (Å²) in [7, 11) is 3.04. The molecule has 1 amide bonds. The number of methoxy groups -OCH3 is 1. The van der Waals surface area contributed by atoms with E-state index in [0.29, 0.717) is 16.0 Å². The Labute approximate surface area is 119 Å². The van der Waals surface area contributed by atoms with Gasteiger partial charge in [0.15, 0.2) is 0 Å². The molecule has 0 saturated heterocycles. The van der Waals surface area contributed by atoms with Gasteiger partial charge in [0.1, 0.15) is 16.6 Å². The molecule has 0 fully saturated rings. The predicted octanol–water partition coefficient (Wildman–Crippen LogP) is -0.0833. The third-order valence-electron chi connectivity index (χ3n) is 2.90. The fourth-order valence-electron chi connectivity index (χ4n) is 1.84. The average Bonchev–Trinajstić information content (AvgIpc) is 2.88. The fourth-order valence-corrected chi connectivity index (χ4v) is 2.57. The van der Waals surface area contributed by atoms with Crippen molar-refractivity contribution in [2.45, 2.75) is 12.6 Å². The van der Waals surface area contributed by atoms with Gasteiger partial charge in [0.25, 0.3) is 11.5 Å². The van der Waals surface area contributed by atoms with Crippen LogP contribution in [-0.2, 0) is 16.1 Å². The SMILES string of the molecule is COC(CN)C(=O)N(C)Cc1nc2ccsc2c(=O)[nH]1. The van der Waals surface area contributed by atoms with Gasteiger partial charge in [0, 0.05) is 20.7 Å². The molecule has 3 N–H and O–H groups in total. The Balaban J connectivity index is 2.19. The molecule has 2 rings (SSSR count). The number of H-pyrrole nitrogens is 1. The molecule has 2 aromatic rings. The van der Waals surface area contributed by atoms with Gasteiger partial charge in [-0.25, -0.2) is 4.98 Å². The van der Waals surface area contributed by atoms with Crippen molar-refractivity contribution in [3.8, 4) is 0 Å². The van der Waals surface area contributed by atoms with E-state index in [0.717, 1.165) is 0 Å². The lowest BCUT2D eigenvalue weighted by atomic mass is 10.3. The molecule has 0 bridgehead atoms. The van der Waals surface area contributed by atoms with Crippen LogP contribution in [0.1, 0.15) is 5.82 Å². The van der Waals surface area contributed by atoms with Gasteiger partial charge in [-0.3, -0.25) is 9.59 Å². The second-order valence-corrected chi connectivity index (χ2v) is 5.22. The first kappa shape index (κ1) is 14.6. The van der Waals surface area contributed by atoms with E-state index < -0.39 is 6.10 Å². The third kappa shape index (κ3) is 2.87. The molecule has 7 nitrogen and oxygen atoms in total. The van der Waals surface area contributed by atoms with Crippen molar-refractivity contribution in [2.24, 2.45) is 5.73 Å². The number of likely N-dealkylation sites (N-methyl/N-ethyl adjacent to an activating group) is 1. The zero-order chi connectivity index (χ0) is 14.7. The van der Waals surface area contributed by atoms with E-state index in [1.807, 2.05) is 0 Å². The van der Waals surface area contributed by atoms with Crippen LogP contribution in [0.3, 0.4) is 0 Å². The van der Waals surface area contributed by atoms with E-state index in [2.05, 4.69) is 9.97 Å². The first-order valence-electron chi connectivity index (χ1n) is 6.01. The van der Waals surface area contributed by atoms with Crippen molar-refractivity contribution >= 4 is 27.5 Å². The number of fused-ring (bicyclic) bond motifs is 1. The number of aromatic amines is 1. The number of carbonyl (C=O) groups is 1. The summed E-state index contributed by atoms with van der Waals surface area (Å²) in [5.41, 5.74) is 5.90. The highest BCUT2D eigenvalue weighted by Crippen LogP contribution is 2.14. The van der Waals surface area contributed by atoms with Crippen LogP contribution < -0.4 is 11.3 Å². The summed E-state index contributed by atoms with van der Waals surface area (Å²) in [6, 6.07) is 1.78. The Hall–Kier alpha value is -1.77. The number of nitrogens with two attached hydrogens (primary N) is 1. The predicted molar refractivity (Wildman–Crippen MR) is 76.6 cm³/mol. The number of amides is 1. The van der Waals surface area contributed by atoms with Gasteiger partial charge in [0.05, 0.1) is 12.1 Å². The first-order valence-corrected chi connectivity index (χ1v) is 6.89. The van der Waals surface area contributed by atoms with Crippen LogP contribution in [0.15, 0.2) is 16.2 Å². The van der Waals surface area contributed by atoms with Crippen LogP contribution in [-0.4, -0.2) is 47.6 Å². The minimum absolute atomic E-state index is 0.104. The lowest BCUT2D eigenvalue weighted by Gasteiger charge is -2.21. The summed E-state index contributed by atoms with van der Waals surface area (Å²) in [6.07, 6.45) is -0.684. The third-order valence-corrected chi connectivity index (χ3v) is 3.80. The molecule has 1 unspecified atom stereocenters. The normalized spacial score (nSPS) is 12.6. The molecule has 20 heavy (non-hydrogen) atoms. The van der Waals surface area contributed by atoms with Crippen LogP contribution in [0.4, 0.5) is 0 Å². The first-order chi connectivity index (χ1) is 9.56. The quantitative estimate of drug-likeness (QED) is 0.803. The second-order valence-electron chi connectivity index (χ2n) is 4.30. The van der Waals surface area contributed by atoms with Crippen LogP contribution in [0.2, 0.25) is 0 Å². The maximum Gasteiger partial charge on any atom is 0.268 e. The second kappa shape index (κ2) is 6.12. The monoisotopic (exact) mass is 296 g/mol. The van der Waals surface area contributed by atoms with Crippen molar-refractivity contribution in [1.29, 1.82) is 0 Å². The molecule has 8 heteroatoms. The number of ether oxygens (including phenoxy) is 1. The fraction of sp³-hybridized carbons (Fsp3) is 0.417. The van der Waals surface area contributed by atoms with E-state index in [9.17, 15) is 9.59 Å². The van der Waals surface area contributed by atoms with Gasteiger partial charge in [-0.1, -0.05) is 0 Å². The largest absolute Gasteiger partial charge is 0.370 e. The molecular formula is C12H16N4O3S. The van der Waals surface area contributed by atoms with Gasteiger partial charge in [-0.05, 0) is 11.4 Å². The topological polar surface area (TPSA) is 101 Å². The highest BCUT2D eigenvalue weighted by atomic mass is 32.1. The summed E-state index contributed by atoms with van der Waals surface area (Å²) >= 11 is 1.34. The number of hydrogen-bond acceptors (Lipinski definition) is 6. The standard InChI is InChI=1S/C12H16N4O3S/c1-16(12(18)8(5-13)19-2)6-9-14-7-3-4-20-10(7)11(17)15-9/h3-4,8H,5-6,13H2,1-2H3,(H,14,15,17). The number of thiophene rings is 1. The minimum Gasteiger partial charge on any atom is -0.370 e. The molecule has 0 spiro atoms. The van der Waals surface area contributed by atoms with Crippen LogP contribution in [0.5, 0.6) is 0 Å². The maximum atomic E-state index is 12.0. The molecule has 0 saturated carbocycles. The number of nitrogens with zero attached hydrogens (tertiary/aromatic N) is 2. The Bertz CT molecular complexity index is 662. The molecule has 108 valence electrons. The molecule has 0 aliphatic rings. The Morgan fingerprint density at radius 2 is 2.40 bits per heavy atom. The van der Waals surface area contributed by atoms with Gasteiger partial charge >= 0.3 is 0 Å². The van der Waals surface area contributed by atoms with Crippen molar-refractivity contribution in [2.75, 3.05) is 20.7 Å². The van der Waals surface area contributed by atoms with Crippen molar-refractivity contribution in [3.05, 3.63) is 27.6 Å². The van der Waals surface area contributed by atoms with E-state index in [1.54, 1.807) is 18.5 Å². The van der Waals surface area contributed by atoms with Gasteiger partial charge < -0.3 is 20.4 Å². The summed E-state index contributed by atoms with van der Waals surface area (Å²) in [5, 5.41) is 1.81.